The Kier molecular flexibility index (Phi) is 2.91. The Morgan fingerprint density at radius 3 is 3.00 bits per heavy atom. The van der Waals surface area contributed by atoms with Crippen LogP contribution in [0.1, 0.15) is 19.3 Å². The van der Waals surface area contributed by atoms with Gasteiger partial charge < -0.3 is 0 Å². The van der Waals surface area contributed by atoms with Crippen LogP contribution in [0.4, 0.5) is 0 Å². The number of allylic oxidation sites excluding steroid dienone is 6. The molecule has 9 heavy (non-hydrogen) atoms. The molecule has 0 nitrogen and oxygen atoms in total. The van der Waals surface area contributed by atoms with Crippen LogP contribution in [0, 0.1) is 6.08 Å². The lowest BCUT2D eigenvalue weighted by molar-refractivity contribution is 1.02. The predicted octanol–water partition coefficient (Wildman–Crippen LogP) is 2.64. The first-order chi connectivity index (χ1) is 4.50. The van der Waals surface area contributed by atoms with Crippen LogP contribution in [0.3, 0.4) is 0 Å². The van der Waals surface area contributed by atoms with E-state index in [0.717, 1.165) is 19.3 Å². The second kappa shape index (κ2) is 4.13. The van der Waals surface area contributed by atoms with Gasteiger partial charge in [0.15, 0.2) is 0 Å². The number of hydrogen-bond donors (Lipinski definition) is 0. The van der Waals surface area contributed by atoms with Crippen molar-refractivity contribution in [2.45, 2.75) is 19.3 Å². The highest BCUT2D eigenvalue weighted by atomic mass is 13.8. The summed E-state index contributed by atoms with van der Waals surface area (Å²) in [7, 11) is 0. The van der Waals surface area contributed by atoms with Crippen LogP contribution >= 0.6 is 0 Å². The van der Waals surface area contributed by atoms with Crippen LogP contribution < -0.4 is 0 Å². The molecule has 0 saturated carbocycles. The summed E-state index contributed by atoms with van der Waals surface area (Å²) in [4.78, 5) is 0. The van der Waals surface area contributed by atoms with Gasteiger partial charge in [0, 0.05) is 0 Å². The predicted molar refractivity (Wildman–Crippen MR) is 39.9 cm³/mol. The van der Waals surface area contributed by atoms with Crippen molar-refractivity contribution in [1.82, 2.24) is 0 Å². The minimum atomic E-state index is 1.03. The summed E-state index contributed by atoms with van der Waals surface area (Å²) in [6, 6.07) is 0. The molecule has 0 unspecified atom stereocenters. The average Bonchev–Trinajstić information content (AvgIpc) is 2.00. The Morgan fingerprint density at radius 2 is 2.00 bits per heavy atom. The van der Waals surface area contributed by atoms with E-state index in [1.165, 1.54) is 0 Å². The maximum atomic E-state index is 3.20. The van der Waals surface area contributed by atoms with Gasteiger partial charge in [-0.2, -0.15) is 0 Å². The maximum Gasteiger partial charge on any atom is -0.0160 e. The van der Waals surface area contributed by atoms with Crippen LogP contribution in [-0.4, -0.2) is 0 Å². The molecule has 0 N–H and O–H groups in total. The smallest absolute Gasteiger partial charge is 0.0160 e. The molecule has 0 bridgehead atoms. The molecule has 1 aliphatic carbocycles. The van der Waals surface area contributed by atoms with E-state index < -0.39 is 0 Å². The van der Waals surface area contributed by atoms with E-state index >= 15 is 0 Å². The third-order valence-electron chi connectivity index (χ3n) is 1.24. The molecule has 0 aromatic heterocycles. The molecular weight excluding hydrogens is 108 g/mol. The Labute approximate surface area is 56.6 Å². The molecule has 0 aromatic rings. The second-order valence-corrected chi connectivity index (χ2v) is 2.04. The first-order valence-corrected chi connectivity index (χ1v) is 3.37. The van der Waals surface area contributed by atoms with Crippen molar-refractivity contribution in [2.75, 3.05) is 0 Å². The van der Waals surface area contributed by atoms with E-state index in [0.29, 0.717) is 0 Å². The molecular formula is C9H11. The first kappa shape index (κ1) is 6.34. The van der Waals surface area contributed by atoms with Crippen molar-refractivity contribution in [1.29, 1.82) is 0 Å². The van der Waals surface area contributed by atoms with Gasteiger partial charge in [-0.05, 0) is 25.3 Å². The summed E-state index contributed by atoms with van der Waals surface area (Å²) in [6.45, 7) is 0. The third kappa shape index (κ3) is 2.91. The molecule has 1 rings (SSSR count). The Hall–Kier alpha value is -0.780. The fourth-order valence-electron chi connectivity index (χ4n) is 0.752. The van der Waals surface area contributed by atoms with Gasteiger partial charge in [0.1, 0.15) is 0 Å². The van der Waals surface area contributed by atoms with Crippen molar-refractivity contribution >= 4 is 0 Å². The summed E-state index contributed by atoms with van der Waals surface area (Å²) >= 11 is 0. The van der Waals surface area contributed by atoms with Crippen LogP contribution in [0.2, 0.25) is 0 Å². The molecule has 0 atom stereocenters. The Balaban J connectivity index is 2.43. The van der Waals surface area contributed by atoms with Crippen LogP contribution in [-0.2, 0) is 0 Å². The Morgan fingerprint density at radius 1 is 1.11 bits per heavy atom. The molecule has 0 heterocycles. The van der Waals surface area contributed by atoms with Gasteiger partial charge in [0.05, 0.1) is 0 Å². The van der Waals surface area contributed by atoms with Gasteiger partial charge in [0.2, 0.25) is 0 Å². The molecule has 1 radical (unpaired) electrons. The quantitative estimate of drug-likeness (QED) is 0.460. The molecule has 0 heteroatoms. The standard InChI is InChI=1S/C9H11/c1-2-4-6-8-9-7-5-3-1/h1-4,7H,5-6,8H2/b3-1-,4-2-,9-7?. The highest BCUT2D eigenvalue weighted by molar-refractivity contribution is 5.05. The van der Waals surface area contributed by atoms with Gasteiger partial charge in [-0.3, -0.25) is 0 Å². The number of hydrogen-bond acceptors (Lipinski definition) is 0. The summed E-state index contributed by atoms with van der Waals surface area (Å²) in [5, 5.41) is 0. The van der Waals surface area contributed by atoms with Crippen molar-refractivity contribution in [3.63, 3.8) is 0 Å². The highest BCUT2D eigenvalue weighted by Gasteiger charge is 1.78. The molecule has 0 aliphatic heterocycles. The lowest BCUT2D eigenvalue weighted by Gasteiger charge is -1.80. The summed E-state index contributed by atoms with van der Waals surface area (Å²) in [5.41, 5.74) is 0. The van der Waals surface area contributed by atoms with E-state index in [9.17, 15) is 0 Å². The third-order valence-corrected chi connectivity index (χ3v) is 1.24. The minimum Gasteiger partial charge on any atom is -0.0842 e. The van der Waals surface area contributed by atoms with Gasteiger partial charge in [0.25, 0.3) is 0 Å². The molecule has 0 saturated heterocycles. The van der Waals surface area contributed by atoms with E-state index in [1.807, 2.05) is 0 Å². The van der Waals surface area contributed by atoms with Crippen LogP contribution in [0.15, 0.2) is 30.4 Å². The monoisotopic (exact) mass is 119 g/mol. The SMILES string of the molecule is [C]1=C\C/C=C\C=C/CC/1. The zero-order valence-electron chi connectivity index (χ0n) is 5.51. The lowest BCUT2D eigenvalue weighted by atomic mass is 10.3. The highest BCUT2D eigenvalue weighted by Crippen LogP contribution is 1.97. The summed E-state index contributed by atoms with van der Waals surface area (Å²) in [5.74, 6) is 0. The minimum absolute atomic E-state index is 1.03. The number of rotatable bonds is 0. The second-order valence-electron chi connectivity index (χ2n) is 2.04. The fourth-order valence-corrected chi connectivity index (χ4v) is 0.752. The lowest BCUT2D eigenvalue weighted by Crippen LogP contribution is -1.62. The van der Waals surface area contributed by atoms with Gasteiger partial charge in [-0.15, -0.1) is 0 Å². The molecule has 1 aliphatic rings. The van der Waals surface area contributed by atoms with Crippen molar-refractivity contribution in [2.24, 2.45) is 0 Å². The van der Waals surface area contributed by atoms with Crippen LogP contribution in [0.25, 0.3) is 0 Å². The molecule has 0 aromatic carbocycles. The largest absolute Gasteiger partial charge is 0.0842 e. The summed E-state index contributed by atoms with van der Waals surface area (Å²) < 4.78 is 0. The van der Waals surface area contributed by atoms with Gasteiger partial charge in [-0.1, -0.05) is 30.4 Å². The van der Waals surface area contributed by atoms with Gasteiger partial charge >= 0.3 is 0 Å². The van der Waals surface area contributed by atoms with Gasteiger partial charge in [-0.25, -0.2) is 0 Å². The summed E-state index contributed by atoms with van der Waals surface area (Å²) in [6.07, 6.45) is 17.0. The van der Waals surface area contributed by atoms with E-state index in [4.69, 9.17) is 0 Å². The van der Waals surface area contributed by atoms with Crippen molar-refractivity contribution in [3.8, 4) is 0 Å². The first-order valence-electron chi connectivity index (χ1n) is 3.37. The maximum absolute atomic E-state index is 3.20. The van der Waals surface area contributed by atoms with E-state index in [1.54, 1.807) is 0 Å². The molecule has 47 valence electrons. The van der Waals surface area contributed by atoms with E-state index in [-0.39, 0.29) is 0 Å². The average molecular weight is 119 g/mol. The molecule has 0 spiro atoms. The molecule has 0 amide bonds. The molecule has 0 fully saturated rings. The van der Waals surface area contributed by atoms with Crippen molar-refractivity contribution < 1.29 is 0 Å². The topological polar surface area (TPSA) is 0 Å². The van der Waals surface area contributed by atoms with E-state index in [2.05, 4.69) is 36.5 Å². The fraction of sp³-hybridized carbons (Fsp3) is 0.333. The van der Waals surface area contributed by atoms with Crippen molar-refractivity contribution in [3.05, 3.63) is 36.5 Å². The normalized spacial score (nSPS) is 29.3. The zero-order valence-corrected chi connectivity index (χ0v) is 5.51. The zero-order chi connectivity index (χ0) is 6.36. The van der Waals surface area contributed by atoms with Crippen LogP contribution in [0.5, 0.6) is 0 Å². The Bertz CT molecular complexity index is 138.